The second kappa shape index (κ2) is 13.8. The van der Waals surface area contributed by atoms with Crippen molar-refractivity contribution in [1.29, 1.82) is 0 Å². The molecule has 0 spiro atoms. The van der Waals surface area contributed by atoms with E-state index in [0.29, 0.717) is 0 Å². The van der Waals surface area contributed by atoms with E-state index in [9.17, 15) is 40.0 Å². The summed E-state index contributed by atoms with van der Waals surface area (Å²) in [5, 5.41) is 76.5. The van der Waals surface area contributed by atoms with Crippen LogP contribution in [0.25, 0.3) is 0 Å². The molecule has 2 aromatic rings. The number of aliphatic hydroxyl groups excluding tert-OH is 8. The van der Waals surface area contributed by atoms with Crippen LogP contribution in [-0.2, 0) is 25.0 Å². The quantitative estimate of drug-likeness (QED) is 0.189. The van der Waals surface area contributed by atoms with Crippen LogP contribution in [0.5, 0.6) is 0 Å². The Bertz CT molecular complexity index is 921. The van der Waals surface area contributed by atoms with E-state index in [1.54, 1.807) is 0 Å². The van der Waals surface area contributed by atoms with E-state index >= 15 is 0 Å². The first-order valence-corrected chi connectivity index (χ1v) is 12.6. The van der Waals surface area contributed by atoms with E-state index in [2.05, 4.69) is 0 Å². The summed E-state index contributed by atoms with van der Waals surface area (Å²) in [7, 11) is -1.05. The summed E-state index contributed by atoms with van der Waals surface area (Å²) in [6.07, 6.45) is -15.6. The van der Waals surface area contributed by atoms with Crippen LogP contribution in [0, 0.1) is 0 Å². The molecule has 2 aliphatic heterocycles. The number of hydrogen-bond donors (Lipinski definition) is 8. The zero-order chi connectivity index (χ0) is 27.1. The molecule has 206 valence electrons. The molecule has 2 heterocycles. The van der Waals surface area contributed by atoms with Crippen molar-refractivity contribution >= 4 is 10.8 Å². The fourth-order valence-electron chi connectivity index (χ4n) is 3.79. The second-order valence-corrected chi connectivity index (χ2v) is 9.90. The van der Waals surface area contributed by atoms with Crippen LogP contribution in [0.3, 0.4) is 0 Å². The summed E-state index contributed by atoms with van der Waals surface area (Å²) in [6.45, 7) is -1.35. The van der Waals surface area contributed by atoms with E-state index in [1.807, 2.05) is 60.7 Å². The number of ether oxygens (including phenoxy) is 3. The third-order valence-electron chi connectivity index (χ3n) is 5.89. The molecule has 2 aromatic carbocycles. The molecule has 10 atom stereocenters. The molecule has 0 unspecified atom stereocenters. The lowest BCUT2D eigenvalue weighted by molar-refractivity contribution is -0.355. The summed E-state index contributed by atoms with van der Waals surface area (Å²) >= 11 is 0. The maximum absolute atomic E-state index is 12.0. The van der Waals surface area contributed by atoms with Crippen molar-refractivity contribution in [3.8, 4) is 0 Å². The van der Waals surface area contributed by atoms with Crippen molar-refractivity contribution in [2.75, 3.05) is 13.2 Å². The van der Waals surface area contributed by atoms with Gasteiger partial charge in [-0.15, -0.1) is 0 Å². The Hall–Kier alpha value is -1.85. The molecular weight excluding hydrogens is 512 g/mol. The zero-order valence-electron chi connectivity index (χ0n) is 19.6. The van der Waals surface area contributed by atoms with Gasteiger partial charge in [0, 0.05) is 9.79 Å². The van der Waals surface area contributed by atoms with Gasteiger partial charge in [-0.05, 0) is 24.3 Å². The smallest absolute Gasteiger partial charge is 0.187 e. The highest BCUT2D eigenvalue weighted by atomic mass is 32.2. The third-order valence-corrected chi connectivity index (χ3v) is 7.29. The second-order valence-electron chi connectivity index (χ2n) is 8.42. The van der Waals surface area contributed by atoms with Crippen molar-refractivity contribution in [2.45, 2.75) is 71.2 Å². The molecule has 13 heteroatoms. The molecule has 0 amide bonds. The van der Waals surface area contributed by atoms with Gasteiger partial charge in [0.25, 0.3) is 0 Å². The van der Waals surface area contributed by atoms with Crippen LogP contribution >= 0.6 is 0 Å². The van der Waals surface area contributed by atoms with Gasteiger partial charge >= 0.3 is 0 Å². The van der Waals surface area contributed by atoms with Gasteiger partial charge in [0.1, 0.15) is 48.8 Å². The topological polar surface area (TPSA) is 207 Å². The summed E-state index contributed by atoms with van der Waals surface area (Å²) in [5.74, 6) is 0. The first-order valence-electron chi connectivity index (χ1n) is 11.5. The Kier molecular flexibility index (Phi) is 11.1. The lowest BCUT2D eigenvalue weighted by atomic mass is 9.97. The van der Waals surface area contributed by atoms with E-state index in [0.717, 1.165) is 9.79 Å². The maximum atomic E-state index is 12.0. The number of hydrogen-bond acceptors (Lipinski definition) is 12. The molecule has 37 heavy (non-hydrogen) atoms. The maximum Gasteiger partial charge on any atom is 0.187 e. The number of rotatable bonds is 6. The third kappa shape index (κ3) is 7.17. The Morgan fingerprint density at radius 2 is 1.16 bits per heavy atom. The van der Waals surface area contributed by atoms with Crippen molar-refractivity contribution < 1.29 is 59.3 Å². The van der Waals surface area contributed by atoms with Crippen LogP contribution in [-0.4, -0.2) is 120 Å². The predicted molar refractivity (Wildman–Crippen MR) is 126 cm³/mol. The van der Waals surface area contributed by atoms with E-state index < -0.39 is 85.4 Å². The van der Waals surface area contributed by atoms with Crippen LogP contribution in [0.15, 0.2) is 70.5 Å². The summed E-state index contributed by atoms with van der Waals surface area (Å²) in [6, 6.07) is 19.0. The van der Waals surface area contributed by atoms with Crippen molar-refractivity contribution in [3.05, 3.63) is 60.7 Å². The van der Waals surface area contributed by atoms with Gasteiger partial charge in [-0.3, -0.25) is 0 Å². The molecule has 12 nitrogen and oxygen atoms in total. The van der Waals surface area contributed by atoms with Gasteiger partial charge in [-0.1, -0.05) is 36.4 Å². The van der Waals surface area contributed by atoms with E-state index in [4.69, 9.17) is 19.3 Å². The van der Waals surface area contributed by atoms with Gasteiger partial charge in [0.2, 0.25) is 0 Å². The SMILES string of the molecule is O=S(c1ccccc1)c1ccccc1.OC[C@H]1O[C@@H](O[C@H]2[C@H](O)[C@@H](O)[C@H](O)O[C@@H]2CO)[C@H](O)[C@@H](O)[C@H]1O. The standard InChI is InChI=1S/C12H22O11.C12H10OS/c13-1-3-5(15)6(16)9(19)12(22-3)23-10-4(2-14)21-11(20)8(18)7(10)17;13-14(11-7-3-1-4-8-11)12-9-5-2-6-10-12/h3-20H,1-2H2;1-10H/t3-,4-,5+,6+,7-,8-,9-,10-,11-,12+;/m1./s1. The highest BCUT2D eigenvalue weighted by Crippen LogP contribution is 2.28. The first kappa shape index (κ1) is 29.7. The minimum atomic E-state index is -1.74. The predicted octanol–water partition coefficient (Wildman–Crippen LogP) is -2.54. The minimum Gasteiger partial charge on any atom is -0.394 e. The van der Waals surface area contributed by atoms with Gasteiger partial charge in [-0.2, -0.15) is 0 Å². The van der Waals surface area contributed by atoms with Crippen molar-refractivity contribution in [2.24, 2.45) is 0 Å². The molecule has 8 N–H and O–H groups in total. The van der Waals surface area contributed by atoms with Crippen LogP contribution in [0.1, 0.15) is 0 Å². The molecular formula is C24H32O12S. The summed E-state index contributed by atoms with van der Waals surface area (Å²) in [5.41, 5.74) is 0. The first-order chi connectivity index (χ1) is 17.7. The average Bonchev–Trinajstić information content (AvgIpc) is 2.94. The fraction of sp³-hybridized carbons (Fsp3) is 0.500. The minimum absolute atomic E-state index is 0.667. The van der Waals surface area contributed by atoms with Crippen molar-refractivity contribution in [1.82, 2.24) is 0 Å². The molecule has 0 saturated carbocycles. The molecule has 0 bridgehead atoms. The Labute approximate surface area is 215 Å². The monoisotopic (exact) mass is 544 g/mol. The average molecular weight is 545 g/mol. The van der Waals surface area contributed by atoms with Gasteiger partial charge in [0.05, 0.1) is 24.0 Å². The lowest BCUT2D eigenvalue weighted by Gasteiger charge is -2.45. The van der Waals surface area contributed by atoms with Gasteiger partial charge in [0.15, 0.2) is 12.6 Å². The largest absolute Gasteiger partial charge is 0.394 e. The highest BCUT2D eigenvalue weighted by molar-refractivity contribution is 7.85. The van der Waals surface area contributed by atoms with Gasteiger partial charge < -0.3 is 55.1 Å². The van der Waals surface area contributed by atoms with Crippen LogP contribution in [0.2, 0.25) is 0 Å². The van der Waals surface area contributed by atoms with Gasteiger partial charge in [-0.25, -0.2) is 4.21 Å². The Morgan fingerprint density at radius 3 is 1.65 bits per heavy atom. The van der Waals surface area contributed by atoms with E-state index in [1.165, 1.54) is 0 Å². The van der Waals surface area contributed by atoms with E-state index in [-0.39, 0.29) is 0 Å². The fourth-order valence-corrected chi connectivity index (χ4v) is 4.87. The summed E-state index contributed by atoms with van der Waals surface area (Å²) < 4.78 is 27.2. The highest BCUT2D eigenvalue weighted by Gasteiger charge is 2.50. The molecule has 0 aliphatic carbocycles. The molecule has 2 aliphatic rings. The Morgan fingerprint density at radius 1 is 0.649 bits per heavy atom. The zero-order valence-corrected chi connectivity index (χ0v) is 20.4. The normalized spacial score (nSPS) is 36.0. The molecule has 0 radical (unpaired) electrons. The molecule has 4 rings (SSSR count). The summed E-state index contributed by atoms with van der Waals surface area (Å²) in [4.78, 5) is 1.69. The van der Waals surface area contributed by atoms with Crippen LogP contribution in [0.4, 0.5) is 0 Å². The number of benzene rings is 2. The lowest BCUT2D eigenvalue weighted by Crippen LogP contribution is -2.64. The molecule has 0 aromatic heterocycles. The van der Waals surface area contributed by atoms with Crippen molar-refractivity contribution in [3.63, 3.8) is 0 Å². The number of aliphatic hydroxyl groups is 8. The van der Waals surface area contributed by atoms with Crippen LogP contribution < -0.4 is 0 Å². The molecule has 2 saturated heterocycles. The molecule has 2 fully saturated rings. The Balaban J connectivity index is 0.000000231.